The van der Waals surface area contributed by atoms with Crippen LogP contribution in [0.2, 0.25) is 0 Å². The Hall–Kier alpha value is -0.980. The number of benzene rings is 1. The van der Waals surface area contributed by atoms with Crippen LogP contribution < -0.4 is 5.73 Å². The van der Waals surface area contributed by atoms with Crippen LogP contribution in [0, 0.1) is 6.07 Å². The van der Waals surface area contributed by atoms with Crippen molar-refractivity contribution >= 4 is 5.69 Å². The van der Waals surface area contributed by atoms with Crippen LogP contribution in [0.5, 0.6) is 0 Å². The summed E-state index contributed by atoms with van der Waals surface area (Å²) in [6, 6.07) is 8.67. The summed E-state index contributed by atoms with van der Waals surface area (Å²) in [4.78, 5) is 0. The minimum atomic E-state index is 0.498. The highest BCUT2D eigenvalue weighted by molar-refractivity contribution is 5.47. The molecule has 0 fully saturated rings. The van der Waals surface area contributed by atoms with Gasteiger partial charge in [0.1, 0.15) is 0 Å². The predicted molar refractivity (Wildman–Crippen MR) is 43.8 cm³/mol. The molecule has 0 aliphatic heterocycles. The second-order valence-corrected chi connectivity index (χ2v) is 2.71. The molecule has 0 atom stereocenters. The topological polar surface area (TPSA) is 26.0 Å². The zero-order valence-electron chi connectivity index (χ0n) is 6.39. The average molecular weight is 134 g/mol. The van der Waals surface area contributed by atoms with E-state index in [-0.39, 0.29) is 0 Å². The van der Waals surface area contributed by atoms with Crippen LogP contribution >= 0.6 is 0 Å². The average Bonchev–Trinajstić information content (AvgIpc) is 1.88. The fourth-order valence-corrected chi connectivity index (χ4v) is 0.955. The van der Waals surface area contributed by atoms with E-state index in [1.807, 2.05) is 18.2 Å². The third-order valence-corrected chi connectivity index (χ3v) is 1.55. The van der Waals surface area contributed by atoms with Crippen molar-refractivity contribution < 1.29 is 0 Å². The summed E-state index contributed by atoms with van der Waals surface area (Å²) in [7, 11) is 0. The molecule has 2 N–H and O–H groups in total. The van der Waals surface area contributed by atoms with Crippen molar-refractivity contribution in [1.29, 1.82) is 0 Å². The molecule has 1 aromatic rings. The third-order valence-electron chi connectivity index (χ3n) is 1.55. The molecule has 0 saturated carbocycles. The van der Waals surface area contributed by atoms with E-state index in [1.165, 1.54) is 5.56 Å². The molecule has 10 heavy (non-hydrogen) atoms. The highest BCUT2D eigenvalue weighted by Gasteiger charge is 2.00. The molecule has 1 nitrogen and oxygen atoms in total. The molecule has 0 saturated heterocycles. The second-order valence-electron chi connectivity index (χ2n) is 2.71. The molecule has 0 aliphatic carbocycles. The molecular weight excluding hydrogens is 122 g/mol. The first-order valence-electron chi connectivity index (χ1n) is 3.47. The fraction of sp³-hybridized carbons (Fsp3) is 0.333. The van der Waals surface area contributed by atoms with E-state index in [2.05, 4.69) is 19.9 Å². The molecule has 1 aromatic carbocycles. The summed E-state index contributed by atoms with van der Waals surface area (Å²) in [5.41, 5.74) is 7.75. The largest absolute Gasteiger partial charge is 0.398 e. The highest BCUT2D eigenvalue weighted by Crippen LogP contribution is 2.19. The van der Waals surface area contributed by atoms with E-state index >= 15 is 0 Å². The lowest BCUT2D eigenvalue weighted by molar-refractivity contribution is 0.870. The molecule has 1 rings (SSSR count). The van der Waals surface area contributed by atoms with Crippen LogP contribution in [-0.2, 0) is 0 Å². The molecule has 0 unspecified atom stereocenters. The first-order chi connectivity index (χ1) is 4.72. The number of hydrogen-bond donors (Lipinski definition) is 1. The maximum absolute atomic E-state index is 5.70. The standard InChI is InChI=1S/C9H12N/c1-7(2)8-5-3-4-6-9(8)10/h4-7H,10H2,1-2H3. The monoisotopic (exact) mass is 134 g/mol. The Morgan fingerprint density at radius 1 is 1.50 bits per heavy atom. The first kappa shape index (κ1) is 7.13. The van der Waals surface area contributed by atoms with Gasteiger partial charge in [0.05, 0.1) is 0 Å². The van der Waals surface area contributed by atoms with E-state index < -0.39 is 0 Å². The lowest BCUT2D eigenvalue weighted by Gasteiger charge is -2.06. The van der Waals surface area contributed by atoms with Crippen LogP contribution in [0.1, 0.15) is 25.3 Å². The van der Waals surface area contributed by atoms with E-state index in [1.54, 1.807) is 0 Å². The van der Waals surface area contributed by atoms with E-state index in [0.29, 0.717) is 5.92 Å². The lowest BCUT2D eigenvalue weighted by atomic mass is 10.0. The summed E-state index contributed by atoms with van der Waals surface area (Å²) in [6.07, 6.45) is 0. The minimum Gasteiger partial charge on any atom is -0.398 e. The third kappa shape index (κ3) is 1.29. The van der Waals surface area contributed by atoms with Crippen molar-refractivity contribution in [3.63, 3.8) is 0 Å². The van der Waals surface area contributed by atoms with Gasteiger partial charge in [-0.05, 0) is 29.7 Å². The Kier molecular flexibility index (Phi) is 1.95. The van der Waals surface area contributed by atoms with Gasteiger partial charge in [0.15, 0.2) is 0 Å². The van der Waals surface area contributed by atoms with Gasteiger partial charge in [0.25, 0.3) is 0 Å². The van der Waals surface area contributed by atoms with Gasteiger partial charge in [-0.2, -0.15) is 0 Å². The lowest BCUT2D eigenvalue weighted by Crippen LogP contribution is -1.94. The quantitative estimate of drug-likeness (QED) is 0.585. The molecule has 53 valence electrons. The Labute approximate surface area is 61.9 Å². The van der Waals surface area contributed by atoms with Gasteiger partial charge in [0, 0.05) is 5.69 Å². The maximum Gasteiger partial charge on any atom is 0.0349 e. The SMILES string of the molecule is CC(C)c1c[c]ccc1N. The van der Waals surface area contributed by atoms with Crippen molar-refractivity contribution in [2.24, 2.45) is 0 Å². The van der Waals surface area contributed by atoms with Gasteiger partial charge in [-0.1, -0.05) is 19.9 Å². The first-order valence-corrected chi connectivity index (χ1v) is 3.47. The Morgan fingerprint density at radius 3 is 2.60 bits per heavy atom. The van der Waals surface area contributed by atoms with E-state index in [0.717, 1.165) is 5.69 Å². The predicted octanol–water partition coefficient (Wildman–Crippen LogP) is 2.19. The van der Waals surface area contributed by atoms with Crippen LogP contribution in [0.15, 0.2) is 18.2 Å². The summed E-state index contributed by atoms with van der Waals surface area (Å²) in [6.45, 7) is 4.25. The van der Waals surface area contributed by atoms with Crippen LogP contribution in [-0.4, -0.2) is 0 Å². The summed E-state index contributed by atoms with van der Waals surface area (Å²) >= 11 is 0. The number of anilines is 1. The van der Waals surface area contributed by atoms with Crippen molar-refractivity contribution in [3.8, 4) is 0 Å². The molecule has 0 aliphatic rings. The van der Waals surface area contributed by atoms with E-state index in [4.69, 9.17) is 5.73 Å². The molecule has 0 amide bonds. The van der Waals surface area contributed by atoms with Gasteiger partial charge in [-0.3, -0.25) is 0 Å². The van der Waals surface area contributed by atoms with Crippen molar-refractivity contribution in [2.75, 3.05) is 5.73 Å². The van der Waals surface area contributed by atoms with Gasteiger partial charge < -0.3 is 5.73 Å². The van der Waals surface area contributed by atoms with Crippen LogP contribution in [0.25, 0.3) is 0 Å². The van der Waals surface area contributed by atoms with Crippen molar-refractivity contribution in [3.05, 3.63) is 29.8 Å². The van der Waals surface area contributed by atoms with E-state index in [9.17, 15) is 0 Å². The number of nitrogen functional groups attached to an aromatic ring is 1. The second kappa shape index (κ2) is 2.74. The highest BCUT2D eigenvalue weighted by atomic mass is 14.6. The zero-order valence-corrected chi connectivity index (χ0v) is 6.39. The molecule has 0 aromatic heterocycles. The summed E-state index contributed by atoms with van der Waals surface area (Å²) in [5, 5.41) is 0. The number of nitrogens with two attached hydrogens (primary N) is 1. The number of rotatable bonds is 1. The maximum atomic E-state index is 5.70. The molecule has 1 radical (unpaired) electrons. The van der Waals surface area contributed by atoms with Gasteiger partial charge in [-0.15, -0.1) is 0 Å². The van der Waals surface area contributed by atoms with Gasteiger partial charge in [-0.25, -0.2) is 0 Å². The Morgan fingerprint density at radius 2 is 2.20 bits per heavy atom. The minimum absolute atomic E-state index is 0.498. The zero-order chi connectivity index (χ0) is 7.56. The molecule has 1 heteroatoms. The normalized spacial score (nSPS) is 10.3. The van der Waals surface area contributed by atoms with Crippen LogP contribution in [0.4, 0.5) is 5.69 Å². The van der Waals surface area contributed by atoms with Crippen molar-refractivity contribution in [2.45, 2.75) is 19.8 Å². The van der Waals surface area contributed by atoms with Crippen molar-refractivity contribution in [1.82, 2.24) is 0 Å². The molecular formula is C9H12N. The van der Waals surface area contributed by atoms with Crippen LogP contribution in [0.3, 0.4) is 0 Å². The smallest absolute Gasteiger partial charge is 0.0349 e. The Balaban J connectivity index is 3.03. The van der Waals surface area contributed by atoms with Gasteiger partial charge in [0.2, 0.25) is 0 Å². The fourth-order valence-electron chi connectivity index (χ4n) is 0.955. The Bertz CT molecular complexity index is 216. The summed E-state index contributed by atoms with van der Waals surface area (Å²) < 4.78 is 0. The molecule has 0 bridgehead atoms. The molecule has 0 spiro atoms. The number of hydrogen-bond acceptors (Lipinski definition) is 1. The van der Waals surface area contributed by atoms with Gasteiger partial charge >= 0.3 is 0 Å². The summed E-state index contributed by atoms with van der Waals surface area (Å²) in [5.74, 6) is 0.498. The molecule has 0 heterocycles.